The molecular formula is C19H29N3O4. The SMILES string of the molecule is CCCc1c(C(=O)N2CCC(C(=O)N(C)C)CC2)[nH]c(C)c1C(=O)OC. The van der Waals surface area contributed by atoms with Gasteiger partial charge in [0.2, 0.25) is 5.91 Å². The molecule has 1 aromatic heterocycles. The Labute approximate surface area is 154 Å². The van der Waals surface area contributed by atoms with Crippen molar-refractivity contribution in [2.75, 3.05) is 34.3 Å². The molecule has 2 heterocycles. The second-order valence-electron chi connectivity index (χ2n) is 7.02. The fourth-order valence-corrected chi connectivity index (χ4v) is 3.59. The third kappa shape index (κ3) is 3.92. The number of methoxy groups -OCH3 is 1. The summed E-state index contributed by atoms with van der Waals surface area (Å²) in [6.45, 7) is 4.88. The molecular weight excluding hydrogens is 334 g/mol. The van der Waals surface area contributed by atoms with Crippen LogP contribution < -0.4 is 0 Å². The molecule has 0 atom stereocenters. The van der Waals surface area contributed by atoms with E-state index in [0.717, 1.165) is 12.0 Å². The van der Waals surface area contributed by atoms with Crippen molar-refractivity contribution in [1.82, 2.24) is 14.8 Å². The molecule has 0 aliphatic carbocycles. The number of amides is 2. The van der Waals surface area contributed by atoms with E-state index in [1.807, 2.05) is 6.92 Å². The molecule has 0 saturated carbocycles. The lowest BCUT2D eigenvalue weighted by Crippen LogP contribution is -2.43. The number of aryl methyl sites for hydroxylation is 1. The highest BCUT2D eigenvalue weighted by Gasteiger charge is 2.32. The number of ether oxygens (including phenoxy) is 1. The van der Waals surface area contributed by atoms with Gasteiger partial charge in [0.15, 0.2) is 0 Å². The lowest BCUT2D eigenvalue weighted by Gasteiger charge is -2.32. The maximum absolute atomic E-state index is 13.0. The molecule has 0 radical (unpaired) electrons. The average molecular weight is 363 g/mol. The molecule has 0 bridgehead atoms. The second-order valence-corrected chi connectivity index (χ2v) is 7.02. The van der Waals surface area contributed by atoms with Crippen molar-refractivity contribution in [3.8, 4) is 0 Å². The number of hydrogen-bond donors (Lipinski definition) is 1. The summed E-state index contributed by atoms with van der Waals surface area (Å²) in [4.78, 5) is 43.7. The Morgan fingerprint density at radius 2 is 1.85 bits per heavy atom. The molecule has 1 N–H and O–H groups in total. The van der Waals surface area contributed by atoms with Crippen LogP contribution in [0.5, 0.6) is 0 Å². The molecule has 144 valence electrons. The lowest BCUT2D eigenvalue weighted by atomic mass is 9.95. The molecule has 1 aromatic rings. The third-order valence-electron chi connectivity index (χ3n) is 4.97. The molecule has 1 aliphatic heterocycles. The average Bonchev–Trinajstić information content (AvgIpc) is 2.96. The van der Waals surface area contributed by atoms with E-state index in [4.69, 9.17) is 4.74 Å². The van der Waals surface area contributed by atoms with Crippen molar-refractivity contribution in [1.29, 1.82) is 0 Å². The van der Waals surface area contributed by atoms with Crippen LogP contribution in [0.15, 0.2) is 0 Å². The van der Waals surface area contributed by atoms with E-state index >= 15 is 0 Å². The maximum Gasteiger partial charge on any atom is 0.339 e. The number of piperidine rings is 1. The van der Waals surface area contributed by atoms with Gasteiger partial charge in [-0.3, -0.25) is 9.59 Å². The number of hydrogen-bond acceptors (Lipinski definition) is 4. The second kappa shape index (κ2) is 8.38. The molecule has 2 rings (SSSR count). The minimum absolute atomic E-state index is 0.0276. The topological polar surface area (TPSA) is 82.7 Å². The Balaban J connectivity index is 2.20. The first-order valence-corrected chi connectivity index (χ1v) is 9.11. The number of aromatic amines is 1. The van der Waals surface area contributed by atoms with Crippen LogP contribution in [0.25, 0.3) is 0 Å². The fourth-order valence-electron chi connectivity index (χ4n) is 3.59. The molecule has 1 saturated heterocycles. The summed E-state index contributed by atoms with van der Waals surface area (Å²) in [5.41, 5.74) is 2.33. The quantitative estimate of drug-likeness (QED) is 0.811. The van der Waals surface area contributed by atoms with Crippen molar-refractivity contribution in [3.63, 3.8) is 0 Å². The van der Waals surface area contributed by atoms with Crippen molar-refractivity contribution >= 4 is 17.8 Å². The molecule has 7 nitrogen and oxygen atoms in total. The number of likely N-dealkylation sites (tertiary alicyclic amines) is 1. The smallest absolute Gasteiger partial charge is 0.339 e. The number of rotatable bonds is 5. The highest BCUT2D eigenvalue weighted by atomic mass is 16.5. The highest BCUT2D eigenvalue weighted by molar-refractivity contribution is 6.00. The van der Waals surface area contributed by atoms with Crippen LogP contribution in [-0.4, -0.2) is 66.9 Å². The van der Waals surface area contributed by atoms with Gasteiger partial charge in [0, 0.05) is 38.8 Å². The number of carbonyl (C=O) groups is 3. The van der Waals surface area contributed by atoms with E-state index in [9.17, 15) is 14.4 Å². The van der Waals surface area contributed by atoms with Gasteiger partial charge in [-0.15, -0.1) is 0 Å². The molecule has 26 heavy (non-hydrogen) atoms. The Morgan fingerprint density at radius 3 is 2.35 bits per heavy atom. The summed E-state index contributed by atoms with van der Waals surface area (Å²) >= 11 is 0. The van der Waals surface area contributed by atoms with Gasteiger partial charge in [-0.25, -0.2) is 4.79 Å². The minimum atomic E-state index is -0.420. The minimum Gasteiger partial charge on any atom is -0.465 e. The van der Waals surface area contributed by atoms with Gasteiger partial charge in [-0.1, -0.05) is 13.3 Å². The predicted octanol–water partition coefficient (Wildman–Crippen LogP) is 2.00. The summed E-state index contributed by atoms with van der Waals surface area (Å²) in [5, 5.41) is 0. The molecule has 0 spiro atoms. The summed E-state index contributed by atoms with van der Waals surface area (Å²) < 4.78 is 4.88. The Bertz CT molecular complexity index is 685. The summed E-state index contributed by atoms with van der Waals surface area (Å²) in [7, 11) is 4.86. The van der Waals surface area contributed by atoms with E-state index in [0.29, 0.717) is 49.3 Å². The van der Waals surface area contributed by atoms with Crippen LogP contribution in [0, 0.1) is 12.8 Å². The van der Waals surface area contributed by atoms with Crippen molar-refractivity contribution in [2.24, 2.45) is 5.92 Å². The summed E-state index contributed by atoms with van der Waals surface area (Å²) in [5.74, 6) is -0.438. The Kier molecular flexibility index (Phi) is 6.45. The first-order valence-electron chi connectivity index (χ1n) is 9.11. The monoisotopic (exact) mass is 363 g/mol. The number of aromatic nitrogens is 1. The molecule has 7 heteroatoms. The Morgan fingerprint density at radius 1 is 1.23 bits per heavy atom. The molecule has 1 fully saturated rings. The zero-order chi connectivity index (χ0) is 19.4. The van der Waals surface area contributed by atoms with E-state index in [-0.39, 0.29) is 17.7 Å². The van der Waals surface area contributed by atoms with Crippen molar-refractivity contribution in [3.05, 3.63) is 22.5 Å². The van der Waals surface area contributed by atoms with Crippen molar-refractivity contribution in [2.45, 2.75) is 39.5 Å². The van der Waals surface area contributed by atoms with Crippen LogP contribution in [-0.2, 0) is 16.0 Å². The van der Waals surface area contributed by atoms with Crippen LogP contribution in [0.2, 0.25) is 0 Å². The van der Waals surface area contributed by atoms with E-state index in [1.54, 1.807) is 30.8 Å². The van der Waals surface area contributed by atoms with Crippen molar-refractivity contribution < 1.29 is 19.1 Å². The number of H-pyrrole nitrogens is 1. The Hall–Kier alpha value is -2.31. The first-order chi connectivity index (χ1) is 12.3. The van der Waals surface area contributed by atoms with Gasteiger partial charge < -0.3 is 19.5 Å². The number of nitrogens with one attached hydrogen (secondary N) is 1. The number of carbonyl (C=O) groups excluding carboxylic acids is 3. The third-order valence-corrected chi connectivity index (χ3v) is 4.97. The number of esters is 1. The molecule has 0 unspecified atom stereocenters. The van der Waals surface area contributed by atoms with Crippen LogP contribution in [0.1, 0.15) is 58.3 Å². The van der Waals surface area contributed by atoms with E-state index in [1.165, 1.54) is 7.11 Å². The lowest BCUT2D eigenvalue weighted by molar-refractivity contribution is -0.134. The normalized spacial score (nSPS) is 15.0. The largest absolute Gasteiger partial charge is 0.465 e. The first kappa shape index (κ1) is 20.0. The zero-order valence-corrected chi connectivity index (χ0v) is 16.3. The van der Waals surface area contributed by atoms with Gasteiger partial charge in [0.05, 0.1) is 12.7 Å². The fraction of sp³-hybridized carbons (Fsp3) is 0.632. The summed E-state index contributed by atoms with van der Waals surface area (Å²) in [6.07, 6.45) is 2.78. The zero-order valence-electron chi connectivity index (χ0n) is 16.3. The molecule has 0 aromatic carbocycles. The summed E-state index contributed by atoms with van der Waals surface area (Å²) in [6, 6.07) is 0. The van der Waals surface area contributed by atoms with E-state index in [2.05, 4.69) is 4.98 Å². The van der Waals surface area contributed by atoms with Gasteiger partial charge in [0.1, 0.15) is 5.69 Å². The van der Waals surface area contributed by atoms with Crippen LogP contribution in [0.3, 0.4) is 0 Å². The van der Waals surface area contributed by atoms with Gasteiger partial charge in [-0.05, 0) is 31.7 Å². The predicted molar refractivity (Wildman–Crippen MR) is 98.2 cm³/mol. The molecule has 2 amide bonds. The highest BCUT2D eigenvalue weighted by Crippen LogP contribution is 2.25. The maximum atomic E-state index is 13.0. The standard InChI is InChI=1S/C19H29N3O4/c1-6-7-14-15(19(25)26-5)12(2)20-16(14)18(24)22-10-8-13(9-11-22)17(23)21(3)4/h13,20H,6-11H2,1-5H3. The van der Waals surface area contributed by atoms with Gasteiger partial charge in [-0.2, -0.15) is 0 Å². The van der Waals surface area contributed by atoms with Gasteiger partial charge >= 0.3 is 5.97 Å². The van der Waals surface area contributed by atoms with E-state index < -0.39 is 5.97 Å². The van der Waals surface area contributed by atoms with Gasteiger partial charge in [0.25, 0.3) is 5.91 Å². The molecule has 1 aliphatic rings. The van der Waals surface area contributed by atoms with Crippen LogP contribution >= 0.6 is 0 Å². The number of nitrogens with zero attached hydrogens (tertiary/aromatic N) is 2. The van der Waals surface area contributed by atoms with Crippen LogP contribution in [0.4, 0.5) is 0 Å².